The molecule has 0 saturated carbocycles. The fraction of sp³-hybridized carbons (Fsp3) is 0.118. The van der Waals surface area contributed by atoms with E-state index in [1.807, 2.05) is 0 Å². The summed E-state index contributed by atoms with van der Waals surface area (Å²) in [4.78, 5) is 27.3. The summed E-state index contributed by atoms with van der Waals surface area (Å²) >= 11 is 0. The van der Waals surface area contributed by atoms with Gasteiger partial charge in [-0.2, -0.15) is 9.78 Å². The van der Waals surface area contributed by atoms with Crippen molar-refractivity contribution < 1.29 is 10.0 Å². The van der Waals surface area contributed by atoms with Crippen molar-refractivity contribution >= 4 is 22.8 Å². The maximum atomic E-state index is 12.5. The molecule has 8 heteroatoms. The number of hydrogen-bond acceptors (Lipinski definition) is 6. The molecular weight excluding hydrogens is 324 g/mol. The normalized spacial score (nSPS) is 11.3. The number of aryl methyl sites for hydroxylation is 2. The standard InChI is InChI=1S/C17H14N4O4/c1-10-7-13(21(24)25)8-12(16(10)22)9-18-20-11(2)19-15-6-4-3-5-14(15)17(20)23/h3-9,22H,1-2H3/b18-9-. The summed E-state index contributed by atoms with van der Waals surface area (Å²) in [5.41, 5.74) is 0.520. The van der Waals surface area contributed by atoms with Crippen molar-refractivity contribution in [3.05, 3.63) is 73.8 Å². The summed E-state index contributed by atoms with van der Waals surface area (Å²) in [6.07, 6.45) is 1.21. The van der Waals surface area contributed by atoms with Crippen LogP contribution in [0.1, 0.15) is 17.0 Å². The Labute approximate surface area is 141 Å². The quantitative estimate of drug-likeness (QED) is 0.448. The minimum atomic E-state index is -0.557. The SMILES string of the molecule is Cc1cc([N+](=O)[O-])cc(/C=N\n2c(C)nc3ccccc3c2=O)c1O. The van der Waals surface area contributed by atoms with Crippen LogP contribution >= 0.6 is 0 Å². The smallest absolute Gasteiger partial charge is 0.282 e. The number of aromatic hydroxyl groups is 1. The highest BCUT2D eigenvalue weighted by molar-refractivity contribution is 5.85. The Kier molecular flexibility index (Phi) is 4.02. The van der Waals surface area contributed by atoms with E-state index in [4.69, 9.17) is 0 Å². The lowest BCUT2D eigenvalue weighted by Gasteiger charge is -2.06. The Morgan fingerprint density at radius 1 is 1.28 bits per heavy atom. The lowest BCUT2D eigenvalue weighted by Crippen LogP contribution is -2.20. The van der Waals surface area contributed by atoms with Crippen LogP contribution in [0.4, 0.5) is 5.69 Å². The number of fused-ring (bicyclic) bond motifs is 1. The Morgan fingerprint density at radius 3 is 2.72 bits per heavy atom. The molecule has 1 aromatic heterocycles. The van der Waals surface area contributed by atoms with E-state index in [2.05, 4.69) is 10.1 Å². The minimum Gasteiger partial charge on any atom is -0.507 e. The second-order valence-electron chi connectivity index (χ2n) is 5.50. The Bertz CT molecular complexity index is 1090. The first kappa shape index (κ1) is 16.3. The predicted octanol–water partition coefficient (Wildman–Crippen LogP) is 2.51. The van der Waals surface area contributed by atoms with Crippen LogP contribution in [-0.4, -0.2) is 25.9 Å². The molecule has 0 amide bonds. The summed E-state index contributed by atoms with van der Waals surface area (Å²) in [5, 5.41) is 25.5. The van der Waals surface area contributed by atoms with Gasteiger partial charge in [-0.05, 0) is 31.5 Å². The molecule has 0 spiro atoms. The average molecular weight is 338 g/mol. The van der Waals surface area contributed by atoms with Crippen LogP contribution in [0.3, 0.4) is 0 Å². The molecule has 0 unspecified atom stereocenters. The van der Waals surface area contributed by atoms with Crippen LogP contribution in [0.5, 0.6) is 5.75 Å². The second kappa shape index (κ2) is 6.16. The zero-order valence-electron chi connectivity index (χ0n) is 13.5. The van der Waals surface area contributed by atoms with E-state index >= 15 is 0 Å². The summed E-state index contributed by atoms with van der Waals surface area (Å²) in [6, 6.07) is 9.34. The van der Waals surface area contributed by atoms with Crippen molar-refractivity contribution in [1.29, 1.82) is 0 Å². The van der Waals surface area contributed by atoms with Crippen molar-refractivity contribution in [2.75, 3.05) is 0 Å². The first-order valence-corrected chi connectivity index (χ1v) is 7.39. The third-order valence-electron chi connectivity index (χ3n) is 3.75. The van der Waals surface area contributed by atoms with Crippen LogP contribution in [0.15, 0.2) is 46.3 Å². The van der Waals surface area contributed by atoms with Crippen molar-refractivity contribution in [2.24, 2.45) is 5.10 Å². The molecule has 0 fully saturated rings. The van der Waals surface area contributed by atoms with Gasteiger partial charge in [-0.25, -0.2) is 4.98 Å². The van der Waals surface area contributed by atoms with Gasteiger partial charge in [0, 0.05) is 17.7 Å². The van der Waals surface area contributed by atoms with Gasteiger partial charge in [-0.1, -0.05) is 12.1 Å². The van der Waals surface area contributed by atoms with Crippen LogP contribution in [0, 0.1) is 24.0 Å². The molecule has 0 atom stereocenters. The average Bonchev–Trinajstić information content (AvgIpc) is 2.57. The van der Waals surface area contributed by atoms with Gasteiger partial charge in [-0.3, -0.25) is 14.9 Å². The summed E-state index contributed by atoms with van der Waals surface area (Å²) in [6.45, 7) is 3.18. The van der Waals surface area contributed by atoms with E-state index in [0.717, 1.165) is 4.68 Å². The van der Waals surface area contributed by atoms with E-state index in [1.54, 1.807) is 38.1 Å². The van der Waals surface area contributed by atoms with E-state index in [-0.39, 0.29) is 22.6 Å². The molecule has 3 aromatic rings. The fourth-order valence-corrected chi connectivity index (χ4v) is 2.48. The topological polar surface area (TPSA) is 111 Å². The van der Waals surface area contributed by atoms with Crippen LogP contribution < -0.4 is 5.56 Å². The largest absolute Gasteiger partial charge is 0.507 e. The van der Waals surface area contributed by atoms with Crippen molar-refractivity contribution in [1.82, 2.24) is 9.66 Å². The monoisotopic (exact) mass is 338 g/mol. The fourth-order valence-electron chi connectivity index (χ4n) is 2.48. The molecule has 126 valence electrons. The highest BCUT2D eigenvalue weighted by Crippen LogP contribution is 2.26. The Balaban J connectivity index is 2.14. The molecule has 3 rings (SSSR count). The van der Waals surface area contributed by atoms with Gasteiger partial charge in [0.2, 0.25) is 0 Å². The van der Waals surface area contributed by atoms with Crippen LogP contribution in [-0.2, 0) is 0 Å². The van der Waals surface area contributed by atoms with Gasteiger partial charge in [0.1, 0.15) is 11.6 Å². The molecule has 0 aliphatic heterocycles. The van der Waals surface area contributed by atoms with E-state index in [0.29, 0.717) is 22.3 Å². The van der Waals surface area contributed by atoms with Gasteiger partial charge in [-0.15, -0.1) is 0 Å². The van der Waals surface area contributed by atoms with Gasteiger partial charge in [0.05, 0.1) is 22.0 Å². The van der Waals surface area contributed by atoms with Gasteiger partial charge in [0.15, 0.2) is 0 Å². The van der Waals surface area contributed by atoms with Gasteiger partial charge in [0.25, 0.3) is 11.2 Å². The van der Waals surface area contributed by atoms with Gasteiger partial charge < -0.3 is 5.11 Å². The first-order valence-electron chi connectivity index (χ1n) is 7.39. The number of phenolic OH excluding ortho intramolecular Hbond substituents is 1. The maximum Gasteiger partial charge on any atom is 0.282 e. The number of benzene rings is 2. The predicted molar refractivity (Wildman–Crippen MR) is 93.2 cm³/mol. The number of phenols is 1. The third-order valence-corrected chi connectivity index (χ3v) is 3.75. The first-order chi connectivity index (χ1) is 11.9. The minimum absolute atomic E-state index is 0.131. The molecule has 8 nitrogen and oxygen atoms in total. The number of hydrogen-bond donors (Lipinski definition) is 1. The number of nitro groups is 1. The lowest BCUT2D eigenvalue weighted by atomic mass is 10.1. The number of nitrogens with zero attached hydrogens (tertiary/aromatic N) is 4. The molecule has 1 N–H and O–H groups in total. The number of non-ortho nitro benzene ring substituents is 1. The number of para-hydroxylation sites is 1. The van der Waals surface area contributed by atoms with E-state index < -0.39 is 4.92 Å². The maximum absolute atomic E-state index is 12.5. The third kappa shape index (κ3) is 2.97. The highest BCUT2D eigenvalue weighted by Gasteiger charge is 2.13. The molecule has 25 heavy (non-hydrogen) atoms. The van der Waals surface area contributed by atoms with Gasteiger partial charge >= 0.3 is 0 Å². The molecule has 0 aliphatic carbocycles. The number of aromatic nitrogens is 2. The molecule has 0 bridgehead atoms. The lowest BCUT2D eigenvalue weighted by molar-refractivity contribution is -0.384. The van der Waals surface area contributed by atoms with E-state index in [9.17, 15) is 20.0 Å². The Morgan fingerprint density at radius 2 is 2.00 bits per heavy atom. The van der Waals surface area contributed by atoms with Crippen LogP contribution in [0.2, 0.25) is 0 Å². The molecule has 0 saturated heterocycles. The molecular formula is C17H14N4O4. The zero-order chi connectivity index (χ0) is 18.1. The number of nitro benzene ring substituents is 1. The van der Waals surface area contributed by atoms with Crippen molar-refractivity contribution in [2.45, 2.75) is 13.8 Å². The second-order valence-corrected chi connectivity index (χ2v) is 5.50. The molecule has 2 aromatic carbocycles. The van der Waals surface area contributed by atoms with E-state index in [1.165, 1.54) is 18.3 Å². The van der Waals surface area contributed by atoms with Crippen LogP contribution in [0.25, 0.3) is 10.9 Å². The molecule has 0 aliphatic rings. The highest BCUT2D eigenvalue weighted by atomic mass is 16.6. The summed E-state index contributed by atoms with van der Waals surface area (Å²) in [5.74, 6) is 0.232. The zero-order valence-corrected chi connectivity index (χ0v) is 13.5. The summed E-state index contributed by atoms with van der Waals surface area (Å²) < 4.78 is 1.09. The van der Waals surface area contributed by atoms with Crippen molar-refractivity contribution in [3.8, 4) is 5.75 Å². The molecule has 1 heterocycles. The van der Waals surface area contributed by atoms with Crippen molar-refractivity contribution in [3.63, 3.8) is 0 Å². The number of rotatable bonds is 3. The Hall–Kier alpha value is -3.55. The summed E-state index contributed by atoms with van der Waals surface area (Å²) in [7, 11) is 0. The molecule has 0 radical (unpaired) electrons.